The van der Waals surface area contributed by atoms with Gasteiger partial charge in [0.15, 0.2) is 11.6 Å². The summed E-state index contributed by atoms with van der Waals surface area (Å²) in [5.41, 5.74) is 0. The molecule has 0 radical (unpaired) electrons. The molecule has 84 valence electrons. The predicted octanol–water partition coefficient (Wildman–Crippen LogP) is 3.06. The summed E-state index contributed by atoms with van der Waals surface area (Å²) >= 11 is 5.64. The summed E-state index contributed by atoms with van der Waals surface area (Å²) in [6.07, 6.45) is 2.43. The molecular weight excluding hydrogens is 215 g/mol. The number of pyridine rings is 1. The van der Waals surface area contributed by atoms with E-state index < -0.39 is 0 Å². The van der Waals surface area contributed by atoms with Crippen molar-refractivity contribution in [3.8, 4) is 0 Å². The minimum atomic E-state index is -0.277. The number of halogens is 2. The molecule has 1 rings (SSSR count). The van der Waals surface area contributed by atoms with Gasteiger partial charge in [-0.05, 0) is 32.4 Å². The molecule has 0 spiro atoms. The Hall–Kier alpha value is -0.830. The first-order valence-corrected chi connectivity index (χ1v) is 5.63. The zero-order valence-electron chi connectivity index (χ0n) is 9.08. The number of hydrogen-bond acceptors (Lipinski definition) is 2. The van der Waals surface area contributed by atoms with Crippen LogP contribution in [-0.4, -0.2) is 23.5 Å². The molecule has 0 aliphatic rings. The van der Waals surface area contributed by atoms with Gasteiger partial charge in [-0.15, -0.1) is 11.6 Å². The van der Waals surface area contributed by atoms with Crippen LogP contribution in [0.3, 0.4) is 0 Å². The molecule has 0 aliphatic carbocycles. The second-order valence-corrected chi connectivity index (χ2v) is 4.02. The molecule has 0 unspecified atom stereocenters. The standard InChI is InChI=1S/C11H16ClFN2/c1-9(2)15(8-4-6-12)11-10(13)5-3-7-14-11/h3,5,7,9H,4,6,8H2,1-2H3. The van der Waals surface area contributed by atoms with E-state index in [1.165, 1.54) is 6.07 Å². The topological polar surface area (TPSA) is 16.1 Å². The van der Waals surface area contributed by atoms with E-state index in [9.17, 15) is 4.39 Å². The fourth-order valence-electron chi connectivity index (χ4n) is 1.43. The van der Waals surface area contributed by atoms with E-state index in [1.807, 2.05) is 18.7 Å². The van der Waals surface area contributed by atoms with Crippen molar-refractivity contribution >= 4 is 17.4 Å². The van der Waals surface area contributed by atoms with E-state index in [0.29, 0.717) is 11.7 Å². The summed E-state index contributed by atoms with van der Waals surface area (Å²) in [7, 11) is 0. The van der Waals surface area contributed by atoms with Crippen LogP contribution in [0.5, 0.6) is 0 Å². The number of hydrogen-bond donors (Lipinski definition) is 0. The average Bonchev–Trinajstić information content (AvgIpc) is 2.20. The highest BCUT2D eigenvalue weighted by molar-refractivity contribution is 6.17. The maximum atomic E-state index is 13.5. The Morgan fingerprint density at radius 3 is 2.80 bits per heavy atom. The van der Waals surface area contributed by atoms with Crippen molar-refractivity contribution in [3.63, 3.8) is 0 Å². The lowest BCUT2D eigenvalue weighted by Gasteiger charge is -2.27. The number of rotatable bonds is 5. The monoisotopic (exact) mass is 230 g/mol. The summed E-state index contributed by atoms with van der Waals surface area (Å²) in [6, 6.07) is 3.25. The average molecular weight is 231 g/mol. The van der Waals surface area contributed by atoms with Crippen molar-refractivity contribution in [2.75, 3.05) is 17.3 Å². The van der Waals surface area contributed by atoms with Crippen LogP contribution in [0.25, 0.3) is 0 Å². The fraction of sp³-hybridized carbons (Fsp3) is 0.545. The van der Waals surface area contributed by atoms with Gasteiger partial charge in [0.25, 0.3) is 0 Å². The highest BCUT2D eigenvalue weighted by atomic mass is 35.5. The lowest BCUT2D eigenvalue weighted by Crippen LogP contribution is -2.33. The highest BCUT2D eigenvalue weighted by Crippen LogP contribution is 2.18. The molecule has 1 aromatic heterocycles. The molecule has 4 heteroatoms. The minimum Gasteiger partial charge on any atom is -0.352 e. The van der Waals surface area contributed by atoms with E-state index in [-0.39, 0.29) is 11.9 Å². The van der Waals surface area contributed by atoms with Crippen molar-refractivity contribution in [2.24, 2.45) is 0 Å². The van der Waals surface area contributed by atoms with Crippen LogP contribution in [0.2, 0.25) is 0 Å². The van der Waals surface area contributed by atoms with Gasteiger partial charge in [0, 0.05) is 24.7 Å². The van der Waals surface area contributed by atoms with E-state index in [4.69, 9.17) is 11.6 Å². The van der Waals surface area contributed by atoms with Crippen LogP contribution in [0.1, 0.15) is 20.3 Å². The lowest BCUT2D eigenvalue weighted by atomic mass is 10.2. The first-order chi connectivity index (χ1) is 7.16. The molecule has 0 atom stereocenters. The number of alkyl halides is 1. The van der Waals surface area contributed by atoms with E-state index >= 15 is 0 Å². The van der Waals surface area contributed by atoms with Gasteiger partial charge in [0.1, 0.15) is 0 Å². The molecule has 0 saturated heterocycles. The Labute approximate surface area is 95.1 Å². The van der Waals surface area contributed by atoms with Crippen LogP contribution < -0.4 is 4.90 Å². The molecule has 0 aromatic carbocycles. The molecule has 0 bridgehead atoms. The molecule has 0 N–H and O–H groups in total. The Morgan fingerprint density at radius 1 is 1.53 bits per heavy atom. The maximum absolute atomic E-state index is 13.5. The van der Waals surface area contributed by atoms with Crippen molar-refractivity contribution in [3.05, 3.63) is 24.1 Å². The van der Waals surface area contributed by atoms with Crippen LogP contribution in [-0.2, 0) is 0 Å². The largest absolute Gasteiger partial charge is 0.352 e. The van der Waals surface area contributed by atoms with Gasteiger partial charge in [-0.1, -0.05) is 0 Å². The van der Waals surface area contributed by atoms with Gasteiger partial charge < -0.3 is 4.90 Å². The van der Waals surface area contributed by atoms with E-state index in [0.717, 1.165) is 13.0 Å². The summed E-state index contributed by atoms with van der Waals surface area (Å²) in [5, 5.41) is 0. The van der Waals surface area contributed by atoms with Gasteiger partial charge in [-0.3, -0.25) is 0 Å². The molecule has 0 aliphatic heterocycles. The molecular formula is C11H16ClFN2. The molecule has 15 heavy (non-hydrogen) atoms. The smallest absolute Gasteiger partial charge is 0.165 e. The van der Waals surface area contributed by atoms with Crippen LogP contribution in [0.15, 0.2) is 18.3 Å². The van der Waals surface area contributed by atoms with Crippen LogP contribution in [0, 0.1) is 5.82 Å². The third-order valence-corrected chi connectivity index (χ3v) is 2.43. The first kappa shape index (κ1) is 12.2. The van der Waals surface area contributed by atoms with Crippen molar-refractivity contribution in [1.82, 2.24) is 4.98 Å². The Morgan fingerprint density at radius 2 is 2.27 bits per heavy atom. The van der Waals surface area contributed by atoms with Gasteiger partial charge in [0.2, 0.25) is 0 Å². The summed E-state index contributed by atoms with van der Waals surface area (Å²) in [5.74, 6) is 0.718. The first-order valence-electron chi connectivity index (χ1n) is 5.10. The third-order valence-electron chi connectivity index (χ3n) is 2.17. The minimum absolute atomic E-state index is 0.220. The van der Waals surface area contributed by atoms with Crippen molar-refractivity contribution in [1.29, 1.82) is 0 Å². The van der Waals surface area contributed by atoms with Gasteiger partial charge in [-0.2, -0.15) is 0 Å². The van der Waals surface area contributed by atoms with Gasteiger partial charge in [0.05, 0.1) is 0 Å². The number of anilines is 1. The number of nitrogens with zero attached hydrogens (tertiary/aromatic N) is 2. The molecule has 1 aromatic rings. The Kier molecular flexibility index (Phi) is 4.82. The quantitative estimate of drug-likeness (QED) is 0.723. The lowest BCUT2D eigenvalue weighted by molar-refractivity contribution is 0.587. The molecule has 2 nitrogen and oxygen atoms in total. The van der Waals surface area contributed by atoms with Crippen molar-refractivity contribution < 1.29 is 4.39 Å². The maximum Gasteiger partial charge on any atom is 0.165 e. The van der Waals surface area contributed by atoms with E-state index in [2.05, 4.69) is 4.98 Å². The zero-order valence-corrected chi connectivity index (χ0v) is 9.84. The highest BCUT2D eigenvalue weighted by Gasteiger charge is 2.14. The van der Waals surface area contributed by atoms with Gasteiger partial charge >= 0.3 is 0 Å². The summed E-state index contributed by atoms with van der Waals surface area (Å²) < 4.78 is 13.5. The van der Waals surface area contributed by atoms with Crippen LogP contribution in [0.4, 0.5) is 10.2 Å². The zero-order chi connectivity index (χ0) is 11.3. The van der Waals surface area contributed by atoms with Crippen LogP contribution >= 0.6 is 11.6 Å². The fourth-order valence-corrected chi connectivity index (χ4v) is 1.55. The second kappa shape index (κ2) is 5.91. The SMILES string of the molecule is CC(C)N(CCCCl)c1ncccc1F. The molecule has 0 fully saturated rings. The Balaban J connectivity index is 2.84. The normalized spacial score (nSPS) is 10.7. The predicted molar refractivity (Wildman–Crippen MR) is 62.0 cm³/mol. The Bertz CT molecular complexity index is 304. The molecule has 1 heterocycles. The second-order valence-electron chi connectivity index (χ2n) is 3.64. The number of aromatic nitrogens is 1. The third kappa shape index (κ3) is 3.34. The van der Waals surface area contributed by atoms with E-state index in [1.54, 1.807) is 12.3 Å². The summed E-state index contributed by atoms with van der Waals surface area (Å²) in [6.45, 7) is 4.76. The summed E-state index contributed by atoms with van der Waals surface area (Å²) in [4.78, 5) is 5.99. The molecule has 0 saturated carbocycles. The molecule has 0 amide bonds. The van der Waals surface area contributed by atoms with Gasteiger partial charge in [-0.25, -0.2) is 9.37 Å². The van der Waals surface area contributed by atoms with Crippen molar-refractivity contribution in [2.45, 2.75) is 26.3 Å².